The summed E-state index contributed by atoms with van der Waals surface area (Å²) < 4.78 is 8.58. The van der Waals surface area contributed by atoms with Crippen molar-refractivity contribution in [2.75, 3.05) is 6.61 Å². The van der Waals surface area contributed by atoms with Gasteiger partial charge in [-0.1, -0.05) is 48.5 Å². The zero-order valence-corrected chi connectivity index (χ0v) is 19.1. The van der Waals surface area contributed by atoms with E-state index in [1.54, 1.807) is 0 Å². The van der Waals surface area contributed by atoms with Gasteiger partial charge in [-0.3, -0.25) is 24.4 Å². The Morgan fingerprint density at radius 2 is 1.74 bits per heavy atom. The maximum absolute atomic E-state index is 13.4. The molecule has 0 unspecified atom stereocenters. The van der Waals surface area contributed by atoms with Crippen LogP contribution in [0.1, 0.15) is 28.7 Å². The molecule has 2 aromatic heterocycles. The molecule has 0 bridgehead atoms. The third-order valence-corrected chi connectivity index (χ3v) is 5.78. The molecule has 0 fully saturated rings. The van der Waals surface area contributed by atoms with Crippen LogP contribution in [0.15, 0.2) is 54.6 Å². The fourth-order valence-corrected chi connectivity index (χ4v) is 4.30. The van der Waals surface area contributed by atoms with Crippen molar-refractivity contribution in [3.8, 4) is 11.3 Å². The molecule has 9 nitrogen and oxygen atoms in total. The normalized spacial score (nSPS) is 11.0. The Morgan fingerprint density at radius 1 is 1.06 bits per heavy atom. The summed E-state index contributed by atoms with van der Waals surface area (Å²) in [6.07, 6.45) is 0. The highest BCUT2D eigenvalue weighted by atomic mass is 16.6. The van der Waals surface area contributed by atoms with Gasteiger partial charge in [0.2, 0.25) is 5.78 Å². The number of esters is 1. The lowest BCUT2D eigenvalue weighted by Gasteiger charge is -2.11. The molecule has 0 aliphatic carbocycles. The van der Waals surface area contributed by atoms with Crippen LogP contribution in [0.25, 0.3) is 22.2 Å². The van der Waals surface area contributed by atoms with Gasteiger partial charge in [-0.2, -0.15) is 5.10 Å². The number of aryl methyl sites for hydroxylation is 2. The van der Waals surface area contributed by atoms with Gasteiger partial charge >= 0.3 is 11.7 Å². The Morgan fingerprint density at radius 3 is 2.38 bits per heavy atom. The van der Waals surface area contributed by atoms with E-state index in [2.05, 4.69) is 9.67 Å². The Bertz CT molecular complexity index is 1400. The van der Waals surface area contributed by atoms with Crippen molar-refractivity contribution in [1.29, 1.82) is 0 Å². The highest BCUT2D eigenvalue weighted by molar-refractivity contribution is 6.14. The molecule has 9 heteroatoms. The van der Waals surface area contributed by atoms with Crippen LogP contribution in [0, 0.1) is 24.0 Å². The van der Waals surface area contributed by atoms with E-state index in [0.29, 0.717) is 12.1 Å². The quantitative estimate of drug-likeness (QED) is 0.166. The SMILES string of the molecule is CCn1c(-c2ccccc2)c(C(=O)COC(=O)Cn2nc(C)c([N+](=O)[O-])c2C)c2ccccc21. The summed E-state index contributed by atoms with van der Waals surface area (Å²) in [6, 6.07) is 17.3. The van der Waals surface area contributed by atoms with Gasteiger partial charge in [0.1, 0.15) is 17.9 Å². The molecule has 34 heavy (non-hydrogen) atoms. The summed E-state index contributed by atoms with van der Waals surface area (Å²) in [6.45, 7) is 4.93. The summed E-state index contributed by atoms with van der Waals surface area (Å²) in [5, 5.41) is 16.0. The average molecular weight is 460 g/mol. The average Bonchev–Trinajstić information content (AvgIpc) is 3.31. The predicted molar refractivity (Wildman–Crippen MR) is 127 cm³/mol. The number of ketones is 1. The van der Waals surface area contributed by atoms with Crippen LogP contribution in [-0.2, 0) is 22.6 Å². The van der Waals surface area contributed by atoms with E-state index in [1.807, 2.05) is 61.5 Å². The molecule has 0 atom stereocenters. The van der Waals surface area contributed by atoms with Gasteiger partial charge in [0, 0.05) is 17.4 Å². The minimum atomic E-state index is -0.700. The van der Waals surface area contributed by atoms with E-state index in [1.165, 1.54) is 18.5 Å². The largest absolute Gasteiger partial charge is 0.456 e. The van der Waals surface area contributed by atoms with Gasteiger partial charge < -0.3 is 9.30 Å². The van der Waals surface area contributed by atoms with Crippen LogP contribution in [0.3, 0.4) is 0 Å². The van der Waals surface area contributed by atoms with Crippen LogP contribution in [0.5, 0.6) is 0 Å². The van der Waals surface area contributed by atoms with Crippen LogP contribution in [0.2, 0.25) is 0 Å². The zero-order valence-electron chi connectivity index (χ0n) is 19.1. The molecule has 0 radical (unpaired) electrons. The molecule has 0 N–H and O–H groups in total. The molecular formula is C25H24N4O5. The van der Waals surface area contributed by atoms with E-state index < -0.39 is 17.5 Å². The molecule has 2 heterocycles. The van der Waals surface area contributed by atoms with E-state index in [0.717, 1.165) is 22.2 Å². The Hall–Kier alpha value is -4.27. The predicted octanol–water partition coefficient (Wildman–Crippen LogP) is 4.48. The smallest absolute Gasteiger partial charge is 0.328 e. The third kappa shape index (κ3) is 4.07. The molecule has 0 saturated heterocycles. The Kier molecular flexibility index (Phi) is 6.27. The van der Waals surface area contributed by atoms with Crippen molar-refractivity contribution in [2.45, 2.75) is 33.9 Å². The van der Waals surface area contributed by atoms with Gasteiger partial charge in [-0.05, 0) is 32.4 Å². The molecule has 0 aliphatic rings. The number of nitro groups is 1. The van der Waals surface area contributed by atoms with E-state index in [4.69, 9.17) is 4.74 Å². The standard InChI is InChI=1S/C25H24N4O5/c1-4-27-20-13-9-8-12-19(20)23(25(27)18-10-6-5-7-11-18)21(30)15-34-22(31)14-28-17(3)24(29(32)33)16(2)26-28/h5-13H,4,14-15H2,1-3H3. The molecule has 4 rings (SSSR count). The second kappa shape index (κ2) is 9.30. The molecular weight excluding hydrogens is 436 g/mol. The first-order chi connectivity index (χ1) is 16.3. The van der Waals surface area contributed by atoms with Crippen LogP contribution < -0.4 is 0 Å². The number of nitrogens with zero attached hydrogens (tertiary/aromatic N) is 4. The van der Waals surface area contributed by atoms with E-state index in [-0.39, 0.29) is 29.4 Å². The van der Waals surface area contributed by atoms with Crippen LogP contribution >= 0.6 is 0 Å². The van der Waals surface area contributed by atoms with Gasteiger partial charge in [-0.25, -0.2) is 0 Å². The lowest BCUT2D eigenvalue weighted by molar-refractivity contribution is -0.386. The molecule has 4 aromatic rings. The van der Waals surface area contributed by atoms with Gasteiger partial charge in [0.25, 0.3) is 0 Å². The summed E-state index contributed by atoms with van der Waals surface area (Å²) in [7, 11) is 0. The summed E-state index contributed by atoms with van der Waals surface area (Å²) in [5.74, 6) is -1.02. The topological polar surface area (TPSA) is 109 Å². The first-order valence-electron chi connectivity index (χ1n) is 10.9. The molecule has 174 valence electrons. The first kappa shape index (κ1) is 22.9. The Labute approximate surface area is 195 Å². The maximum atomic E-state index is 13.4. The van der Waals surface area contributed by atoms with E-state index >= 15 is 0 Å². The highest BCUT2D eigenvalue weighted by Crippen LogP contribution is 2.34. The van der Waals surface area contributed by atoms with E-state index in [9.17, 15) is 19.7 Å². The number of hydrogen-bond donors (Lipinski definition) is 0. The molecule has 0 aliphatic heterocycles. The number of Topliss-reactive ketones (excluding diaryl/α,β-unsaturated/α-hetero) is 1. The van der Waals surface area contributed by atoms with Crippen molar-refractivity contribution in [3.63, 3.8) is 0 Å². The Balaban J connectivity index is 1.61. The summed E-state index contributed by atoms with van der Waals surface area (Å²) >= 11 is 0. The number of fused-ring (bicyclic) bond motifs is 1. The number of para-hydroxylation sites is 1. The monoisotopic (exact) mass is 460 g/mol. The number of ether oxygens (including phenoxy) is 1. The van der Waals surface area contributed by atoms with Gasteiger partial charge in [0.15, 0.2) is 6.61 Å². The first-order valence-corrected chi connectivity index (χ1v) is 10.9. The third-order valence-electron chi connectivity index (χ3n) is 5.78. The molecule has 2 aromatic carbocycles. The van der Waals surface area contributed by atoms with Gasteiger partial charge in [0.05, 0.1) is 16.2 Å². The second-order valence-electron chi connectivity index (χ2n) is 7.87. The molecule has 0 amide bonds. The molecule has 0 spiro atoms. The zero-order chi connectivity index (χ0) is 24.4. The summed E-state index contributed by atoms with van der Waals surface area (Å²) in [5.41, 5.74) is 3.43. The van der Waals surface area contributed by atoms with Gasteiger partial charge in [-0.15, -0.1) is 0 Å². The van der Waals surface area contributed by atoms with Crippen molar-refractivity contribution < 1.29 is 19.2 Å². The number of carbonyl (C=O) groups is 2. The number of rotatable bonds is 8. The highest BCUT2D eigenvalue weighted by Gasteiger charge is 2.25. The summed E-state index contributed by atoms with van der Waals surface area (Å²) in [4.78, 5) is 36.5. The van der Waals surface area contributed by atoms with Crippen molar-refractivity contribution in [2.24, 2.45) is 0 Å². The van der Waals surface area contributed by atoms with Crippen LogP contribution in [-0.4, -0.2) is 37.6 Å². The van der Waals surface area contributed by atoms with Crippen LogP contribution in [0.4, 0.5) is 5.69 Å². The fourth-order valence-electron chi connectivity index (χ4n) is 4.30. The second-order valence-corrected chi connectivity index (χ2v) is 7.87. The lowest BCUT2D eigenvalue weighted by Crippen LogP contribution is -2.20. The number of hydrogen-bond acceptors (Lipinski definition) is 6. The number of aromatic nitrogens is 3. The molecule has 0 saturated carbocycles. The lowest BCUT2D eigenvalue weighted by atomic mass is 10.0. The van der Waals surface area contributed by atoms with Crippen molar-refractivity contribution in [1.82, 2.24) is 14.3 Å². The van der Waals surface area contributed by atoms with Crippen molar-refractivity contribution >= 4 is 28.3 Å². The minimum Gasteiger partial charge on any atom is -0.456 e. The fraction of sp³-hybridized carbons (Fsp3) is 0.240. The minimum absolute atomic E-state index is 0.135. The number of benzene rings is 2. The maximum Gasteiger partial charge on any atom is 0.328 e. The van der Waals surface area contributed by atoms with Crippen molar-refractivity contribution in [3.05, 3.63) is 81.7 Å². The number of carbonyl (C=O) groups excluding carboxylic acids is 2.